The Kier molecular flexibility index (Phi) is 4.88. The summed E-state index contributed by atoms with van der Waals surface area (Å²) in [5.74, 6) is 0.294. The molecule has 1 aliphatic rings. The molecule has 3 aromatic rings. The van der Waals surface area contributed by atoms with Crippen molar-refractivity contribution in [1.82, 2.24) is 14.8 Å². The van der Waals surface area contributed by atoms with E-state index in [1.54, 1.807) is 53.1 Å². The number of amides is 1. The number of fused-ring (bicyclic) bond motifs is 1. The fourth-order valence-electron chi connectivity index (χ4n) is 2.70. The minimum absolute atomic E-state index is 0.265. The number of hydrogen-bond acceptors (Lipinski definition) is 6. The number of nitrogens with zero attached hydrogens (tertiary/aromatic N) is 3. The number of esters is 1. The van der Waals surface area contributed by atoms with E-state index in [1.807, 2.05) is 12.1 Å². The number of carbonyl (C=O) groups excluding carboxylic acids is 2. The van der Waals surface area contributed by atoms with Gasteiger partial charge in [-0.1, -0.05) is 48.2 Å². The highest BCUT2D eigenvalue weighted by molar-refractivity contribution is 7.99. The van der Waals surface area contributed by atoms with Crippen LogP contribution in [0, 0.1) is 0 Å². The number of ether oxygens (including phenoxy) is 1. The summed E-state index contributed by atoms with van der Waals surface area (Å²) in [5, 5.41) is 11.6. The van der Waals surface area contributed by atoms with Crippen molar-refractivity contribution >= 4 is 29.6 Å². The normalized spacial score (nSPS) is 15.6. The van der Waals surface area contributed by atoms with Gasteiger partial charge < -0.3 is 4.74 Å². The predicted octanol–water partition coefficient (Wildman–Crippen LogP) is 2.86. The topological polar surface area (TPSA) is 86.1 Å². The molecule has 1 amide bonds. The summed E-state index contributed by atoms with van der Waals surface area (Å²) in [6.07, 6.45) is -0.335. The Balaban J connectivity index is 1.45. The Morgan fingerprint density at radius 2 is 1.67 bits per heavy atom. The SMILES string of the molecule is O=C(Nc1nnc2n1C[C@H](OC(=O)c1ccccc1)CS2)c1ccccc1. The Morgan fingerprint density at radius 1 is 1.00 bits per heavy atom. The molecule has 1 aromatic heterocycles. The summed E-state index contributed by atoms with van der Waals surface area (Å²) in [6.45, 7) is 0.387. The van der Waals surface area contributed by atoms with Gasteiger partial charge >= 0.3 is 5.97 Å². The van der Waals surface area contributed by atoms with Crippen LogP contribution >= 0.6 is 11.8 Å². The second kappa shape index (κ2) is 7.63. The summed E-state index contributed by atoms with van der Waals surface area (Å²) in [4.78, 5) is 24.6. The third-order valence-corrected chi connectivity index (χ3v) is 5.14. The van der Waals surface area contributed by atoms with Crippen LogP contribution < -0.4 is 5.32 Å². The van der Waals surface area contributed by atoms with Crippen molar-refractivity contribution < 1.29 is 14.3 Å². The van der Waals surface area contributed by atoms with Gasteiger partial charge in [0.2, 0.25) is 5.95 Å². The summed E-state index contributed by atoms with van der Waals surface area (Å²) < 4.78 is 7.36. The molecule has 2 heterocycles. The van der Waals surface area contributed by atoms with Crippen molar-refractivity contribution in [3.05, 3.63) is 71.8 Å². The zero-order valence-corrected chi connectivity index (χ0v) is 15.1. The van der Waals surface area contributed by atoms with E-state index >= 15 is 0 Å². The number of anilines is 1. The second-order valence-corrected chi connectivity index (χ2v) is 6.93. The molecule has 0 fully saturated rings. The van der Waals surface area contributed by atoms with E-state index in [4.69, 9.17) is 4.74 Å². The Bertz CT molecular complexity index is 960. The molecule has 0 saturated heterocycles. The summed E-state index contributed by atoms with van der Waals surface area (Å²) >= 11 is 1.44. The summed E-state index contributed by atoms with van der Waals surface area (Å²) in [7, 11) is 0. The number of nitrogens with one attached hydrogen (secondary N) is 1. The molecule has 4 rings (SSSR count). The van der Waals surface area contributed by atoms with Crippen molar-refractivity contribution in [1.29, 1.82) is 0 Å². The van der Waals surface area contributed by atoms with E-state index in [1.165, 1.54) is 11.8 Å². The monoisotopic (exact) mass is 380 g/mol. The van der Waals surface area contributed by atoms with E-state index in [9.17, 15) is 9.59 Å². The van der Waals surface area contributed by atoms with Crippen LogP contribution in [0.25, 0.3) is 0 Å². The van der Waals surface area contributed by atoms with E-state index in [0.717, 1.165) is 0 Å². The Morgan fingerprint density at radius 3 is 2.37 bits per heavy atom. The number of hydrogen-bond donors (Lipinski definition) is 1. The van der Waals surface area contributed by atoms with E-state index < -0.39 is 0 Å². The van der Waals surface area contributed by atoms with Gasteiger partial charge in [-0.05, 0) is 24.3 Å². The molecule has 1 atom stereocenters. The number of thioether (sulfide) groups is 1. The van der Waals surface area contributed by atoms with Gasteiger partial charge in [0, 0.05) is 11.3 Å². The number of rotatable bonds is 4. The first-order chi connectivity index (χ1) is 13.2. The fourth-order valence-corrected chi connectivity index (χ4v) is 3.63. The van der Waals surface area contributed by atoms with Gasteiger partial charge in [0.15, 0.2) is 5.16 Å². The molecule has 7 nitrogen and oxygen atoms in total. The molecule has 0 unspecified atom stereocenters. The predicted molar refractivity (Wildman–Crippen MR) is 101 cm³/mol. The maximum atomic E-state index is 12.4. The van der Waals surface area contributed by atoms with Gasteiger partial charge in [0.25, 0.3) is 5.91 Å². The Hall–Kier alpha value is -3.13. The zero-order valence-electron chi connectivity index (χ0n) is 14.2. The summed E-state index contributed by atoms with van der Waals surface area (Å²) in [6, 6.07) is 17.7. The lowest BCUT2D eigenvalue weighted by Gasteiger charge is -2.23. The minimum Gasteiger partial charge on any atom is -0.456 e. The highest BCUT2D eigenvalue weighted by atomic mass is 32.2. The quantitative estimate of drug-likeness (QED) is 0.701. The fraction of sp³-hybridized carbons (Fsp3) is 0.158. The van der Waals surface area contributed by atoms with Crippen LogP contribution in [-0.4, -0.2) is 38.5 Å². The van der Waals surface area contributed by atoms with Gasteiger partial charge in [-0.25, -0.2) is 4.79 Å². The smallest absolute Gasteiger partial charge is 0.338 e. The standard InChI is InChI=1S/C19H16N4O3S/c24-16(13-7-3-1-4-8-13)20-18-21-22-19-23(18)11-15(12-27-19)26-17(25)14-9-5-2-6-10-14/h1-10,15H,11-12H2,(H,20,21,24)/t15-/m0/s1. The third-order valence-electron chi connectivity index (χ3n) is 4.05. The number of benzene rings is 2. The minimum atomic E-state index is -0.368. The maximum Gasteiger partial charge on any atom is 0.338 e. The lowest BCUT2D eigenvalue weighted by atomic mass is 10.2. The summed E-state index contributed by atoms with van der Waals surface area (Å²) in [5.41, 5.74) is 1.04. The van der Waals surface area contributed by atoms with Crippen molar-refractivity contribution in [3.8, 4) is 0 Å². The van der Waals surface area contributed by atoms with Gasteiger partial charge in [0.05, 0.1) is 12.1 Å². The van der Waals surface area contributed by atoms with E-state index in [0.29, 0.717) is 34.5 Å². The highest BCUT2D eigenvalue weighted by Gasteiger charge is 2.27. The van der Waals surface area contributed by atoms with Gasteiger partial charge in [-0.15, -0.1) is 10.2 Å². The van der Waals surface area contributed by atoms with Crippen molar-refractivity contribution in [2.24, 2.45) is 0 Å². The van der Waals surface area contributed by atoms with Crippen LogP contribution in [0.1, 0.15) is 20.7 Å². The van der Waals surface area contributed by atoms with Crippen LogP contribution in [0.5, 0.6) is 0 Å². The second-order valence-electron chi connectivity index (χ2n) is 5.94. The molecule has 0 saturated carbocycles. The first kappa shape index (κ1) is 17.3. The van der Waals surface area contributed by atoms with E-state index in [-0.39, 0.29) is 18.0 Å². The third kappa shape index (κ3) is 3.85. The van der Waals surface area contributed by atoms with Gasteiger partial charge in [-0.2, -0.15) is 0 Å². The molecular formula is C19H16N4O3S. The maximum absolute atomic E-state index is 12.4. The molecular weight excluding hydrogens is 364 g/mol. The molecule has 2 aromatic carbocycles. The first-order valence-corrected chi connectivity index (χ1v) is 9.37. The number of aromatic nitrogens is 3. The Labute approximate surface area is 159 Å². The number of carbonyl (C=O) groups is 2. The molecule has 1 N–H and O–H groups in total. The van der Waals surface area contributed by atoms with E-state index in [2.05, 4.69) is 15.5 Å². The first-order valence-electron chi connectivity index (χ1n) is 8.39. The molecule has 8 heteroatoms. The molecule has 0 bridgehead atoms. The van der Waals surface area contributed by atoms with Crippen LogP contribution in [-0.2, 0) is 11.3 Å². The van der Waals surface area contributed by atoms with Crippen molar-refractivity contribution in [3.63, 3.8) is 0 Å². The van der Waals surface area contributed by atoms with Crippen molar-refractivity contribution in [2.45, 2.75) is 17.8 Å². The van der Waals surface area contributed by atoms with Crippen molar-refractivity contribution in [2.75, 3.05) is 11.1 Å². The molecule has 0 aliphatic carbocycles. The van der Waals surface area contributed by atoms with Crippen LogP contribution in [0.2, 0.25) is 0 Å². The molecule has 1 aliphatic heterocycles. The largest absolute Gasteiger partial charge is 0.456 e. The van der Waals surface area contributed by atoms with Crippen LogP contribution in [0.4, 0.5) is 5.95 Å². The average molecular weight is 380 g/mol. The zero-order chi connectivity index (χ0) is 18.6. The molecule has 0 spiro atoms. The molecule has 27 heavy (non-hydrogen) atoms. The van der Waals surface area contributed by atoms with Crippen LogP contribution in [0.15, 0.2) is 65.8 Å². The highest BCUT2D eigenvalue weighted by Crippen LogP contribution is 2.28. The lowest BCUT2D eigenvalue weighted by molar-refractivity contribution is 0.0305. The molecule has 136 valence electrons. The molecule has 0 radical (unpaired) electrons. The lowest BCUT2D eigenvalue weighted by Crippen LogP contribution is -2.30. The van der Waals surface area contributed by atoms with Gasteiger partial charge in [0.1, 0.15) is 6.10 Å². The average Bonchev–Trinajstić information content (AvgIpc) is 3.11. The van der Waals surface area contributed by atoms with Crippen LogP contribution in [0.3, 0.4) is 0 Å². The van der Waals surface area contributed by atoms with Gasteiger partial charge in [-0.3, -0.25) is 14.7 Å².